The molecule has 1 aromatic rings. The molecule has 1 aromatic carbocycles. The van der Waals surface area contributed by atoms with Crippen LogP contribution in [0.2, 0.25) is 0 Å². The maximum Gasteiger partial charge on any atom is 0.320 e. The van der Waals surface area contributed by atoms with Gasteiger partial charge in [0.1, 0.15) is 0 Å². The normalized spacial score (nSPS) is 20.4. The molecule has 0 heterocycles. The number of ether oxygens (including phenoxy) is 1. The standard InChI is InChI=1S/C17H25NO3S.C3H6N2O2/c1-3-8-15(21-2)11-7-12-17(13-16(17)18-22(19)20)14-9-5-4-6-10-14;1-4-3(7)5-2-6/h4-6,9-10,15-16H,3,7-8,11-13H2,1-2H3;2H,1H3,(H2,4,5,6,7). The van der Waals surface area contributed by atoms with Gasteiger partial charge in [0, 0.05) is 19.6 Å². The van der Waals surface area contributed by atoms with Crippen molar-refractivity contribution in [3.63, 3.8) is 0 Å². The van der Waals surface area contributed by atoms with Gasteiger partial charge in [-0.3, -0.25) is 10.1 Å². The molecule has 1 fully saturated rings. The second-order valence-electron chi connectivity index (χ2n) is 6.94. The van der Waals surface area contributed by atoms with Crippen LogP contribution in [0.15, 0.2) is 34.7 Å². The van der Waals surface area contributed by atoms with Crippen LogP contribution >= 0.6 is 0 Å². The van der Waals surface area contributed by atoms with Gasteiger partial charge >= 0.3 is 16.5 Å². The number of nitrogens with zero attached hydrogens (tertiary/aromatic N) is 1. The zero-order chi connectivity index (χ0) is 21.7. The Kier molecular flexibility index (Phi) is 11.2. The molecule has 29 heavy (non-hydrogen) atoms. The lowest BCUT2D eigenvalue weighted by molar-refractivity contribution is -0.108. The van der Waals surface area contributed by atoms with Gasteiger partial charge in [0.05, 0.1) is 12.1 Å². The van der Waals surface area contributed by atoms with Gasteiger partial charge in [-0.1, -0.05) is 43.7 Å². The van der Waals surface area contributed by atoms with Crippen molar-refractivity contribution in [2.45, 2.75) is 63.0 Å². The lowest BCUT2D eigenvalue weighted by Gasteiger charge is -2.19. The Bertz CT molecular complexity index is 762. The lowest BCUT2D eigenvalue weighted by Crippen LogP contribution is -2.31. The van der Waals surface area contributed by atoms with Crippen LogP contribution in [0.4, 0.5) is 4.79 Å². The molecule has 9 heteroatoms. The lowest BCUT2D eigenvalue weighted by atomic mass is 9.88. The SMILES string of the molecule is CCCC(CCCC1(c2ccccc2)CC1N=S(=O)=O)OC.CNC(=O)NC=O. The first-order chi connectivity index (χ1) is 13.9. The summed E-state index contributed by atoms with van der Waals surface area (Å²) in [5, 5.41) is 4.05. The third-order valence-electron chi connectivity index (χ3n) is 5.11. The fourth-order valence-electron chi connectivity index (χ4n) is 3.49. The zero-order valence-electron chi connectivity index (χ0n) is 17.3. The number of hydrogen-bond acceptors (Lipinski definition) is 6. The highest BCUT2D eigenvalue weighted by Crippen LogP contribution is 2.54. The molecule has 3 amide bonds. The van der Waals surface area contributed by atoms with E-state index in [9.17, 15) is 18.0 Å². The number of hydrogen-bond donors (Lipinski definition) is 2. The van der Waals surface area contributed by atoms with Crippen molar-refractivity contribution in [3.8, 4) is 0 Å². The largest absolute Gasteiger partial charge is 0.381 e. The first-order valence-electron chi connectivity index (χ1n) is 9.73. The van der Waals surface area contributed by atoms with Crippen molar-refractivity contribution in [1.82, 2.24) is 10.6 Å². The molecule has 1 aliphatic rings. The molecule has 3 unspecified atom stereocenters. The van der Waals surface area contributed by atoms with Crippen LogP contribution in [0.3, 0.4) is 0 Å². The third kappa shape index (κ3) is 8.33. The van der Waals surface area contributed by atoms with E-state index in [1.807, 2.05) is 23.5 Å². The second-order valence-corrected chi connectivity index (χ2v) is 7.59. The molecular weight excluding hydrogens is 394 g/mol. The van der Waals surface area contributed by atoms with E-state index >= 15 is 0 Å². The summed E-state index contributed by atoms with van der Waals surface area (Å²) in [7, 11) is 0.874. The van der Waals surface area contributed by atoms with Crippen molar-refractivity contribution in [2.75, 3.05) is 14.2 Å². The molecule has 0 aliphatic heterocycles. The van der Waals surface area contributed by atoms with Crippen LogP contribution < -0.4 is 10.6 Å². The van der Waals surface area contributed by atoms with Gasteiger partial charge in [0.2, 0.25) is 6.41 Å². The molecule has 0 radical (unpaired) electrons. The third-order valence-corrected chi connectivity index (χ3v) is 5.53. The van der Waals surface area contributed by atoms with E-state index in [0.29, 0.717) is 12.5 Å². The topological polar surface area (TPSA) is 114 Å². The molecular formula is C20H31N3O5S. The summed E-state index contributed by atoms with van der Waals surface area (Å²) in [6.45, 7) is 2.16. The van der Waals surface area contributed by atoms with Crippen LogP contribution in [0.1, 0.15) is 51.0 Å². The predicted octanol–water partition coefficient (Wildman–Crippen LogP) is 2.82. The summed E-state index contributed by atoms with van der Waals surface area (Å²) >= 11 is 0. The Morgan fingerprint density at radius 3 is 2.52 bits per heavy atom. The average molecular weight is 426 g/mol. The molecule has 3 atom stereocenters. The van der Waals surface area contributed by atoms with Gasteiger partial charge in [0.15, 0.2) is 0 Å². The Labute approximate surface area is 174 Å². The van der Waals surface area contributed by atoms with E-state index in [1.165, 1.54) is 12.6 Å². The number of carbonyl (C=O) groups is 2. The van der Waals surface area contributed by atoms with E-state index < -0.39 is 16.5 Å². The molecule has 8 nitrogen and oxygen atoms in total. The number of imide groups is 1. The number of rotatable bonds is 10. The van der Waals surface area contributed by atoms with Crippen LogP contribution in [0, 0.1) is 0 Å². The Morgan fingerprint density at radius 2 is 2.03 bits per heavy atom. The Hall–Kier alpha value is -2.26. The summed E-state index contributed by atoms with van der Waals surface area (Å²) in [4.78, 5) is 19.4. The van der Waals surface area contributed by atoms with Gasteiger partial charge in [0.25, 0.3) is 0 Å². The van der Waals surface area contributed by atoms with Crippen LogP contribution in [0.25, 0.3) is 0 Å². The maximum atomic E-state index is 10.9. The number of urea groups is 1. The second kappa shape index (κ2) is 13.1. The summed E-state index contributed by atoms with van der Waals surface area (Å²) in [6.07, 6.45) is 6.67. The van der Waals surface area contributed by atoms with Gasteiger partial charge < -0.3 is 10.1 Å². The molecule has 2 N–H and O–H groups in total. The Balaban J connectivity index is 0.000000516. The quantitative estimate of drug-likeness (QED) is 0.560. The van der Waals surface area contributed by atoms with Crippen molar-refractivity contribution < 1.29 is 22.7 Å². The fourth-order valence-corrected chi connectivity index (χ4v) is 3.98. The van der Waals surface area contributed by atoms with E-state index in [4.69, 9.17) is 4.74 Å². The Morgan fingerprint density at radius 1 is 1.34 bits per heavy atom. The van der Waals surface area contributed by atoms with Gasteiger partial charge in [-0.2, -0.15) is 12.8 Å². The maximum absolute atomic E-state index is 10.9. The summed E-state index contributed by atoms with van der Waals surface area (Å²) in [5.74, 6) is 0. The summed E-state index contributed by atoms with van der Waals surface area (Å²) in [6, 6.07) is 9.59. The smallest absolute Gasteiger partial charge is 0.320 e. The predicted molar refractivity (Wildman–Crippen MR) is 111 cm³/mol. The van der Waals surface area contributed by atoms with Crippen molar-refractivity contribution in [2.24, 2.45) is 4.36 Å². The van der Waals surface area contributed by atoms with Crippen LogP contribution in [-0.2, 0) is 25.4 Å². The minimum atomic E-state index is -2.32. The molecule has 2 rings (SSSR count). The minimum Gasteiger partial charge on any atom is -0.381 e. The highest BCUT2D eigenvalue weighted by atomic mass is 32.2. The van der Waals surface area contributed by atoms with E-state index in [-0.39, 0.29) is 11.5 Å². The minimum absolute atomic E-state index is 0.0914. The number of methoxy groups -OCH3 is 1. The van der Waals surface area contributed by atoms with Gasteiger partial charge in [-0.05, 0) is 37.7 Å². The monoisotopic (exact) mass is 425 g/mol. The van der Waals surface area contributed by atoms with Crippen molar-refractivity contribution >= 4 is 22.9 Å². The van der Waals surface area contributed by atoms with Crippen LogP contribution in [-0.4, -0.2) is 47.2 Å². The number of benzene rings is 1. The molecule has 1 saturated carbocycles. The first-order valence-corrected chi connectivity index (χ1v) is 10.8. The molecule has 0 bridgehead atoms. The summed E-state index contributed by atoms with van der Waals surface area (Å²) in [5.41, 5.74) is 1.12. The van der Waals surface area contributed by atoms with Gasteiger partial charge in [-0.15, -0.1) is 0 Å². The van der Waals surface area contributed by atoms with E-state index in [1.54, 1.807) is 7.11 Å². The molecule has 0 spiro atoms. The van der Waals surface area contributed by atoms with Crippen LogP contribution in [0.5, 0.6) is 0 Å². The zero-order valence-corrected chi connectivity index (χ0v) is 18.1. The highest BCUT2D eigenvalue weighted by molar-refractivity contribution is 7.61. The fraction of sp³-hybridized carbons (Fsp3) is 0.600. The summed E-state index contributed by atoms with van der Waals surface area (Å²) < 4.78 is 31.2. The molecule has 162 valence electrons. The average Bonchev–Trinajstić information content (AvgIpc) is 3.41. The number of carbonyl (C=O) groups excluding carboxylic acids is 2. The molecule has 0 saturated heterocycles. The van der Waals surface area contributed by atoms with Crippen molar-refractivity contribution in [1.29, 1.82) is 0 Å². The van der Waals surface area contributed by atoms with E-state index in [0.717, 1.165) is 38.5 Å². The number of amides is 3. The molecule has 1 aliphatic carbocycles. The molecule has 0 aromatic heterocycles. The van der Waals surface area contributed by atoms with E-state index in [2.05, 4.69) is 28.7 Å². The first kappa shape index (κ1) is 24.8. The van der Waals surface area contributed by atoms with Gasteiger partial charge in [-0.25, -0.2) is 4.79 Å². The number of nitrogens with one attached hydrogen (secondary N) is 2. The van der Waals surface area contributed by atoms with Crippen molar-refractivity contribution in [3.05, 3.63) is 35.9 Å². The highest BCUT2D eigenvalue weighted by Gasteiger charge is 2.55.